The summed E-state index contributed by atoms with van der Waals surface area (Å²) in [6, 6.07) is 4.54. The Morgan fingerprint density at radius 1 is 1.57 bits per heavy atom. The SMILES string of the molecule is CC(CNC(=O)NCC(C)(O)c1cccs1)N(C)C1CC1. The van der Waals surface area contributed by atoms with E-state index in [-0.39, 0.29) is 12.6 Å². The molecule has 0 radical (unpaired) electrons. The van der Waals surface area contributed by atoms with Crippen molar-refractivity contribution in [2.45, 2.75) is 44.4 Å². The highest BCUT2D eigenvalue weighted by Gasteiger charge is 2.29. The molecule has 5 nitrogen and oxygen atoms in total. The van der Waals surface area contributed by atoms with Gasteiger partial charge in [-0.05, 0) is 45.2 Å². The average molecular weight is 311 g/mol. The Morgan fingerprint density at radius 3 is 2.86 bits per heavy atom. The lowest BCUT2D eigenvalue weighted by Gasteiger charge is -2.25. The molecular formula is C15H25N3O2S. The van der Waals surface area contributed by atoms with Gasteiger partial charge in [0.05, 0.1) is 6.54 Å². The molecule has 1 aliphatic rings. The van der Waals surface area contributed by atoms with E-state index in [0.29, 0.717) is 18.6 Å². The average Bonchev–Trinajstić information content (AvgIpc) is 3.15. The van der Waals surface area contributed by atoms with Crippen LogP contribution in [0.3, 0.4) is 0 Å². The third-order valence-electron chi connectivity index (χ3n) is 4.02. The fraction of sp³-hybridized carbons (Fsp3) is 0.667. The minimum atomic E-state index is -1.03. The van der Waals surface area contributed by atoms with Gasteiger partial charge < -0.3 is 15.7 Å². The largest absolute Gasteiger partial charge is 0.383 e. The van der Waals surface area contributed by atoms with Crippen molar-refractivity contribution in [2.75, 3.05) is 20.1 Å². The quantitative estimate of drug-likeness (QED) is 0.718. The third kappa shape index (κ3) is 4.69. The molecule has 2 unspecified atom stereocenters. The molecule has 1 aliphatic carbocycles. The second-order valence-corrected chi connectivity index (χ2v) is 7.01. The van der Waals surface area contributed by atoms with Gasteiger partial charge in [0.25, 0.3) is 0 Å². The molecule has 0 saturated heterocycles. The number of carbonyl (C=O) groups excluding carboxylic acids is 1. The lowest BCUT2D eigenvalue weighted by Crippen LogP contribution is -2.47. The minimum absolute atomic E-state index is 0.201. The summed E-state index contributed by atoms with van der Waals surface area (Å²) < 4.78 is 0. The van der Waals surface area contributed by atoms with Crippen LogP contribution in [0, 0.1) is 0 Å². The van der Waals surface area contributed by atoms with Crippen molar-refractivity contribution in [2.24, 2.45) is 0 Å². The van der Waals surface area contributed by atoms with Gasteiger partial charge in [-0.25, -0.2) is 4.79 Å². The number of urea groups is 1. The van der Waals surface area contributed by atoms with Gasteiger partial charge >= 0.3 is 6.03 Å². The first-order valence-electron chi connectivity index (χ1n) is 7.40. The van der Waals surface area contributed by atoms with Crippen LogP contribution in [0.25, 0.3) is 0 Å². The Balaban J connectivity index is 1.69. The summed E-state index contributed by atoms with van der Waals surface area (Å²) >= 11 is 1.49. The van der Waals surface area contributed by atoms with E-state index in [1.807, 2.05) is 17.5 Å². The first kappa shape index (κ1) is 16.3. The number of rotatable bonds is 7. The molecule has 1 aromatic heterocycles. The Hall–Kier alpha value is -1.11. The second-order valence-electron chi connectivity index (χ2n) is 6.06. The Kier molecular flexibility index (Phi) is 5.24. The van der Waals surface area contributed by atoms with E-state index in [1.165, 1.54) is 24.2 Å². The minimum Gasteiger partial charge on any atom is -0.383 e. The van der Waals surface area contributed by atoms with E-state index in [4.69, 9.17) is 0 Å². The highest BCUT2D eigenvalue weighted by molar-refractivity contribution is 7.10. The summed E-state index contributed by atoms with van der Waals surface area (Å²) in [5.41, 5.74) is -1.03. The highest BCUT2D eigenvalue weighted by atomic mass is 32.1. The number of carbonyl (C=O) groups is 1. The zero-order valence-electron chi connectivity index (χ0n) is 12.9. The summed E-state index contributed by atoms with van der Waals surface area (Å²) in [6.45, 7) is 4.63. The lowest BCUT2D eigenvalue weighted by atomic mass is 10.1. The van der Waals surface area contributed by atoms with Crippen molar-refractivity contribution in [3.63, 3.8) is 0 Å². The molecule has 0 aliphatic heterocycles. The fourth-order valence-corrected chi connectivity index (χ4v) is 3.00. The van der Waals surface area contributed by atoms with Gasteiger partial charge in [-0.1, -0.05) is 6.07 Å². The predicted molar refractivity (Wildman–Crippen MR) is 85.5 cm³/mol. The van der Waals surface area contributed by atoms with Crippen molar-refractivity contribution in [1.82, 2.24) is 15.5 Å². The van der Waals surface area contributed by atoms with Crippen LogP contribution < -0.4 is 10.6 Å². The topological polar surface area (TPSA) is 64.6 Å². The first-order valence-corrected chi connectivity index (χ1v) is 8.28. The van der Waals surface area contributed by atoms with Crippen LogP contribution in [0.4, 0.5) is 4.79 Å². The number of amides is 2. The summed E-state index contributed by atoms with van der Waals surface area (Å²) in [6.07, 6.45) is 2.52. The molecule has 118 valence electrons. The molecule has 0 bridgehead atoms. The standard InChI is InChI=1S/C15H25N3O2S/c1-11(18(3)12-6-7-12)9-16-14(19)17-10-15(2,20)13-5-4-8-21-13/h4-5,8,11-12,20H,6-7,9-10H2,1-3H3,(H2,16,17,19). The van der Waals surface area contributed by atoms with E-state index in [1.54, 1.807) is 6.92 Å². The van der Waals surface area contributed by atoms with Gasteiger partial charge in [0, 0.05) is 23.5 Å². The molecule has 2 amide bonds. The fourth-order valence-electron chi connectivity index (χ4n) is 2.21. The number of hydrogen-bond donors (Lipinski definition) is 3. The van der Waals surface area contributed by atoms with E-state index in [9.17, 15) is 9.90 Å². The molecular weight excluding hydrogens is 286 g/mol. The molecule has 3 N–H and O–H groups in total. The number of thiophene rings is 1. The maximum absolute atomic E-state index is 11.8. The van der Waals surface area contributed by atoms with E-state index < -0.39 is 5.60 Å². The maximum atomic E-state index is 11.8. The molecule has 1 aromatic rings. The number of nitrogens with zero attached hydrogens (tertiary/aromatic N) is 1. The van der Waals surface area contributed by atoms with Gasteiger partial charge in [0.2, 0.25) is 0 Å². The zero-order valence-corrected chi connectivity index (χ0v) is 13.7. The van der Waals surface area contributed by atoms with Gasteiger partial charge in [-0.3, -0.25) is 4.90 Å². The van der Waals surface area contributed by atoms with Crippen molar-refractivity contribution < 1.29 is 9.90 Å². The van der Waals surface area contributed by atoms with Crippen LogP contribution in [-0.4, -0.2) is 48.3 Å². The van der Waals surface area contributed by atoms with Crippen molar-refractivity contribution in [3.05, 3.63) is 22.4 Å². The summed E-state index contributed by atoms with van der Waals surface area (Å²) in [5.74, 6) is 0. The lowest BCUT2D eigenvalue weighted by molar-refractivity contribution is 0.0630. The maximum Gasteiger partial charge on any atom is 0.314 e. The van der Waals surface area contributed by atoms with Gasteiger partial charge in [-0.15, -0.1) is 11.3 Å². The Labute approximate surface area is 130 Å². The molecule has 1 saturated carbocycles. The number of aliphatic hydroxyl groups is 1. The van der Waals surface area contributed by atoms with Crippen LogP contribution in [0.1, 0.15) is 31.6 Å². The molecule has 2 atom stereocenters. The summed E-state index contributed by atoms with van der Waals surface area (Å²) in [5, 5.41) is 17.8. The molecule has 21 heavy (non-hydrogen) atoms. The monoisotopic (exact) mass is 311 g/mol. The molecule has 0 aromatic carbocycles. The van der Waals surface area contributed by atoms with Gasteiger partial charge in [-0.2, -0.15) is 0 Å². The zero-order chi connectivity index (χ0) is 15.5. The number of likely N-dealkylation sites (N-methyl/N-ethyl adjacent to an activating group) is 1. The Morgan fingerprint density at radius 2 is 2.29 bits per heavy atom. The summed E-state index contributed by atoms with van der Waals surface area (Å²) in [4.78, 5) is 15.0. The van der Waals surface area contributed by atoms with Crippen LogP contribution in [-0.2, 0) is 5.60 Å². The van der Waals surface area contributed by atoms with E-state index in [2.05, 4.69) is 29.5 Å². The predicted octanol–water partition coefficient (Wildman–Crippen LogP) is 1.74. The van der Waals surface area contributed by atoms with Crippen LogP contribution in [0.5, 0.6) is 0 Å². The van der Waals surface area contributed by atoms with Gasteiger partial charge in [0.15, 0.2) is 0 Å². The van der Waals surface area contributed by atoms with Crippen LogP contribution >= 0.6 is 11.3 Å². The second kappa shape index (κ2) is 6.77. The molecule has 1 heterocycles. The van der Waals surface area contributed by atoms with Gasteiger partial charge in [0.1, 0.15) is 5.60 Å². The van der Waals surface area contributed by atoms with Crippen molar-refractivity contribution in [1.29, 1.82) is 0 Å². The molecule has 2 rings (SSSR count). The van der Waals surface area contributed by atoms with Crippen molar-refractivity contribution >= 4 is 17.4 Å². The van der Waals surface area contributed by atoms with E-state index >= 15 is 0 Å². The number of nitrogens with one attached hydrogen (secondary N) is 2. The molecule has 0 spiro atoms. The van der Waals surface area contributed by atoms with Crippen LogP contribution in [0.2, 0.25) is 0 Å². The van der Waals surface area contributed by atoms with Crippen molar-refractivity contribution in [3.8, 4) is 0 Å². The smallest absolute Gasteiger partial charge is 0.314 e. The first-order chi connectivity index (χ1) is 9.90. The third-order valence-corrected chi connectivity index (χ3v) is 5.14. The normalized spacial score (nSPS) is 19.1. The molecule has 1 fully saturated rings. The van der Waals surface area contributed by atoms with Crippen LogP contribution in [0.15, 0.2) is 17.5 Å². The Bertz CT molecular complexity index is 457. The molecule has 6 heteroatoms. The highest BCUT2D eigenvalue weighted by Crippen LogP contribution is 2.26. The summed E-state index contributed by atoms with van der Waals surface area (Å²) in [7, 11) is 2.10. The number of hydrogen-bond acceptors (Lipinski definition) is 4. The van der Waals surface area contributed by atoms with E-state index in [0.717, 1.165) is 4.88 Å².